The molecule has 0 aliphatic carbocycles. The highest BCUT2D eigenvalue weighted by molar-refractivity contribution is 5.87. The van der Waals surface area contributed by atoms with Crippen LogP contribution in [0.25, 0.3) is 0 Å². The van der Waals surface area contributed by atoms with Gasteiger partial charge in [-0.3, -0.25) is 9.59 Å². The molecule has 0 fully saturated rings. The number of rotatable bonds is 14. The van der Waals surface area contributed by atoms with Gasteiger partial charge < -0.3 is 19.7 Å². The number of nitrogens with zero attached hydrogens (tertiary/aromatic N) is 1. The maximum absolute atomic E-state index is 13.2. The van der Waals surface area contributed by atoms with Gasteiger partial charge in [0, 0.05) is 19.5 Å². The summed E-state index contributed by atoms with van der Waals surface area (Å²) in [6.07, 6.45) is 3.40. The number of hydrogen-bond acceptors (Lipinski definition) is 4. The molecule has 1 N–H and O–H groups in total. The molecular formula is C27H38N2O4. The fraction of sp³-hybridized carbons (Fsp3) is 0.481. The van der Waals surface area contributed by atoms with Gasteiger partial charge in [0.1, 0.15) is 17.5 Å². The van der Waals surface area contributed by atoms with Crippen LogP contribution in [0.3, 0.4) is 0 Å². The van der Waals surface area contributed by atoms with Crippen LogP contribution in [0.1, 0.15) is 57.1 Å². The first kappa shape index (κ1) is 26.2. The normalized spacial score (nSPS) is 11.5. The van der Waals surface area contributed by atoms with Crippen LogP contribution in [0.4, 0.5) is 0 Å². The van der Waals surface area contributed by atoms with Crippen molar-refractivity contribution < 1.29 is 19.1 Å². The minimum Gasteiger partial charge on any atom is -0.497 e. The molecule has 2 aromatic carbocycles. The molecule has 0 saturated heterocycles. The Morgan fingerprint density at radius 1 is 1.03 bits per heavy atom. The molecule has 2 rings (SSSR count). The van der Waals surface area contributed by atoms with Crippen molar-refractivity contribution >= 4 is 11.8 Å². The molecule has 0 spiro atoms. The van der Waals surface area contributed by atoms with Gasteiger partial charge in [0.15, 0.2) is 0 Å². The Morgan fingerprint density at radius 3 is 2.39 bits per heavy atom. The van der Waals surface area contributed by atoms with Crippen molar-refractivity contribution in [3.63, 3.8) is 0 Å². The highest BCUT2D eigenvalue weighted by atomic mass is 16.5. The second-order valence-corrected chi connectivity index (χ2v) is 8.21. The van der Waals surface area contributed by atoms with E-state index in [1.807, 2.05) is 56.3 Å². The third-order valence-corrected chi connectivity index (χ3v) is 5.51. The Kier molecular flexibility index (Phi) is 11.3. The summed E-state index contributed by atoms with van der Waals surface area (Å²) >= 11 is 0. The van der Waals surface area contributed by atoms with Crippen molar-refractivity contribution in [2.24, 2.45) is 0 Å². The van der Waals surface area contributed by atoms with Crippen molar-refractivity contribution in [2.45, 2.75) is 65.5 Å². The predicted molar refractivity (Wildman–Crippen MR) is 131 cm³/mol. The Morgan fingerprint density at radius 2 is 1.76 bits per heavy atom. The van der Waals surface area contributed by atoms with E-state index in [4.69, 9.17) is 9.47 Å². The number of nitrogens with one attached hydrogen (secondary N) is 1. The van der Waals surface area contributed by atoms with Crippen molar-refractivity contribution in [3.05, 3.63) is 59.7 Å². The van der Waals surface area contributed by atoms with Gasteiger partial charge in [0.2, 0.25) is 11.8 Å². The first-order valence-corrected chi connectivity index (χ1v) is 11.9. The molecule has 0 aliphatic rings. The Labute approximate surface area is 198 Å². The van der Waals surface area contributed by atoms with Crippen molar-refractivity contribution in [1.82, 2.24) is 10.2 Å². The van der Waals surface area contributed by atoms with E-state index in [1.54, 1.807) is 12.0 Å². The molecule has 6 nitrogen and oxygen atoms in total. The van der Waals surface area contributed by atoms with E-state index in [9.17, 15) is 9.59 Å². The molecule has 0 heterocycles. The number of benzene rings is 2. The van der Waals surface area contributed by atoms with E-state index in [2.05, 4.69) is 18.3 Å². The highest BCUT2D eigenvalue weighted by Gasteiger charge is 2.28. The summed E-state index contributed by atoms with van der Waals surface area (Å²) in [5.41, 5.74) is 2.16. The van der Waals surface area contributed by atoms with Gasteiger partial charge in [0.25, 0.3) is 0 Å². The maximum Gasteiger partial charge on any atom is 0.242 e. The van der Waals surface area contributed by atoms with Crippen LogP contribution in [0, 0.1) is 6.92 Å². The van der Waals surface area contributed by atoms with Gasteiger partial charge in [-0.25, -0.2) is 0 Å². The predicted octanol–water partition coefficient (Wildman–Crippen LogP) is 4.89. The molecule has 0 radical (unpaired) electrons. The molecule has 0 saturated carbocycles. The third-order valence-electron chi connectivity index (χ3n) is 5.51. The van der Waals surface area contributed by atoms with Gasteiger partial charge in [-0.05, 0) is 56.0 Å². The molecule has 0 aromatic heterocycles. The van der Waals surface area contributed by atoms with Gasteiger partial charge in [-0.2, -0.15) is 0 Å². The Bertz CT molecular complexity index is 867. The molecule has 33 heavy (non-hydrogen) atoms. The largest absolute Gasteiger partial charge is 0.497 e. The molecule has 2 aromatic rings. The summed E-state index contributed by atoms with van der Waals surface area (Å²) in [6.45, 7) is 7.54. The average molecular weight is 455 g/mol. The van der Waals surface area contributed by atoms with Crippen LogP contribution >= 0.6 is 0 Å². The maximum atomic E-state index is 13.2. The van der Waals surface area contributed by atoms with Crippen molar-refractivity contribution in [1.29, 1.82) is 0 Å². The van der Waals surface area contributed by atoms with Crippen LogP contribution in [-0.2, 0) is 16.1 Å². The Hall–Kier alpha value is -3.02. The quantitative estimate of drug-likeness (QED) is 0.413. The van der Waals surface area contributed by atoms with Gasteiger partial charge >= 0.3 is 0 Å². The lowest BCUT2D eigenvalue weighted by atomic mass is 10.1. The van der Waals surface area contributed by atoms with Crippen LogP contribution < -0.4 is 14.8 Å². The van der Waals surface area contributed by atoms with Crippen LogP contribution in [0.5, 0.6) is 11.5 Å². The number of ether oxygens (including phenoxy) is 2. The van der Waals surface area contributed by atoms with Crippen molar-refractivity contribution in [3.8, 4) is 11.5 Å². The zero-order valence-corrected chi connectivity index (χ0v) is 20.4. The zero-order chi connectivity index (χ0) is 24.1. The molecule has 180 valence electrons. The lowest BCUT2D eigenvalue weighted by Crippen LogP contribution is -2.49. The zero-order valence-electron chi connectivity index (χ0n) is 20.4. The lowest BCUT2D eigenvalue weighted by molar-refractivity contribution is -0.141. The van der Waals surface area contributed by atoms with E-state index >= 15 is 0 Å². The molecule has 2 amide bonds. The number of hydrogen-bond donors (Lipinski definition) is 1. The van der Waals surface area contributed by atoms with Gasteiger partial charge in [0.05, 0.1) is 13.7 Å². The van der Waals surface area contributed by atoms with Gasteiger partial charge in [-0.1, -0.05) is 50.1 Å². The highest BCUT2D eigenvalue weighted by Crippen LogP contribution is 2.18. The minimum absolute atomic E-state index is 0.0349. The number of methoxy groups -OCH3 is 1. The van der Waals surface area contributed by atoms with E-state index in [-0.39, 0.29) is 11.8 Å². The fourth-order valence-corrected chi connectivity index (χ4v) is 3.66. The first-order valence-electron chi connectivity index (χ1n) is 11.9. The monoisotopic (exact) mass is 454 g/mol. The summed E-state index contributed by atoms with van der Waals surface area (Å²) in [5, 5.41) is 3.00. The number of amides is 2. The van der Waals surface area contributed by atoms with Gasteiger partial charge in [-0.15, -0.1) is 0 Å². The number of unbranched alkanes of at least 4 members (excludes halogenated alkanes) is 1. The van der Waals surface area contributed by atoms with E-state index in [0.717, 1.165) is 35.5 Å². The summed E-state index contributed by atoms with van der Waals surface area (Å²) < 4.78 is 10.9. The standard InChI is InChI=1S/C27H38N2O4/c1-5-7-17-28-27(31)25(6-2)29(20-22-11-8-10-21(3)19-22)26(30)12-9-18-33-24-15-13-23(32-4)14-16-24/h8,10-11,13-16,19,25H,5-7,9,12,17-18,20H2,1-4H3,(H,28,31)/t25-/m1/s1. The fourth-order valence-electron chi connectivity index (χ4n) is 3.66. The minimum atomic E-state index is -0.489. The molecule has 0 bridgehead atoms. The van der Waals surface area contributed by atoms with Crippen molar-refractivity contribution in [2.75, 3.05) is 20.3 Å². The lowest BCUT2D eigenvalue weighted by Gasteiger charge is -2.31. The average Bonchev–Trinajstić information content (AvgIpc) is 2.82. The van der Waals surface area contributed by atoms with Crippen LogP contribution in [0.15, 0.2) is 48.5 Å². The topological polar surface area (TPSA) is 67.9 Å². The summed E-state index contributed by atoms with van der Waals surface area (Å²) in [6, 6.07) is 15.0. The molecule has 6 heteroatoms. The number of aryl methyl sites for hydroxylation is 1. The SMILES string of the molecule is CCCCNC(=O)[C@@H](CC)N(Cc1cccc(C)c1)C(=O)CCCOc1ccc(OC)cc1. The third kappa shape index (κ3) is 8.79. The first-order chi connectivity index (χ1) is 16.0. The number of carbonyl (C=O) groups excluding carboxylic acids is 2. The molecule has 0 unspecified atom stereocenters. The molecule has 0 aliphatic heterocycles. The second-order valence-electron chi connectivity index (χ2n) is 8.21. The van der Waals surface area contributed by atoms with E-state index in [0.29, 0.717) is 39.0 Å². The van der Waals surface area contributed by atoms with Crippen LogP contribution in [-0.4, -0.2) is 43.0 Å². The summed E-state index contributed by atoms with van der Waals surface area (Å²) in [5.74, 6) is 1.39. The molecular weight excluding hydrogens is 416 g/mol. The molecule has 1 atom stereocenters. The van der Waals surface area contributed by atoms with E-state index < -0.39 is 6.04 Å². The summed E-state index contributed by atoms with van der Waals surface area (Å²) in [7, 11) is 1.62. The Balaban J connectivity index is 2.01. The summed E-state index contributed by atoms with van der Waals surface area (Å²) in [4.78, 5) is 27.8. The smallest absolute Gasteiger partial charge is 0.242 e. The number of carbonyl (C=O) groups is 2. The van der Waals surface area contributed by atoms with Crippen LogP contribution in [0.2, 0.25) is 0 Å². The van der Waals surface area contributed by atoms with E-state index in [1.165, 1.54) is 0 Å². The second kappa shape index (κ2) is 14.2.